The Hall–Kier alpha value is -1.62. The van der Waals surface area contributed by atoms with Crippen molar-refractivity contribution in [3.63, 3.8) is 0 Å². The van der Waals surface area contributed by atoms with Gasteiger partial charge in [-0.25, -0.2) is 9.38 Å². The Labute approximate surface area is 125 Å². The van der Waals surface area contributed by atoms with Crippen molar-refractivity contribution in [2.24, 2.45) is 10.9 Å². The van der Waals surface area contributed by atoms with E-state index in [2.05, 4.69) is 22.5 Å². The first-order valence-electron chi connectivity index (χ1n) is 7.45. The van der Waals surface area contributed by atoms with Crippen molar-refractivity contribution in [3.8, 4) is 0 Å². The van der Waals surface area contributed by atoms with Crippen LogP contribution in [0.3, 0.4) is 0 Å². The van der Waals surface area contributed by atoms with Gasteiger partial charge in [-0.15, -0.1) is 0 Å². The van der Waals surface area contributed by atoms with E-state index in [0.717, 1.165) is 18.1 Å². The minimum absolute atomic E-state index is 0.235. The van der Waals surface area contributed by atoms with E-state index < -0.39 is 0 Å². The maximum absolute atomic E-state index is 13.6. The maximum Gasteiger partial charge on any atom is 0.191 e. The zero-order valence-electron chi connectivity index (χ0n) is 12.9. The van der Waals surface area contributed by atoms with Gasteiger partial charge in [0.25, 0.3) is 0 Å². The van der Waals surface area contributed by atoms with Crippen molar-refractivity contribution in [1.29, 1.82) is 0 Å². The Morgan fingerprint density at radius 1 is 1.48 bits per heavy atom. The van der Waals surface area contributed by atoms with Crippen LogP contribution in [0.2, 0.25) is 0 Å². The number of hydrogen-bond donors (Lipinski definition) is 2. The summed E-state index contributed by atoms with van der Waals surface area (Å²) in [5.41, 5.74) is 1.54. The van der Waals surface area contributed by atoms with Gasteiger partial charge in [-0.05, 0) is 37.0 Å². The molecule has 0 heterocycles. The van der Waals surface area contributed by atoms with Crippen LogP contribution in [-0.2, 0) is 17.9 Å². The second-order valence-electron chi connectivity index (χ2n) is 5.52. The molecule has 1 aromatic carbocycles. The number of benzene rings is 1. The monoisotopic (exact) mass is 293 g/mol. The fraction of sp³-hybridized carbons (Fsp3) is 0.562. The lowest BCUT2D eigenvalue weighted by Crippen LogP contribution is -2.39. The molecule has 0 radical (unpaired) electrons. The van der Waals surface area contributed by atoms with Crippen LogP contribution in [0, 0.1) is 11.7 Å². The van der Waals surface area contributed by atoms with E-state index in [-0.39, 0.29) is 12.4 Å². The molecule has 2 atom stereocenters. The summed E-state index contributed by atoms with van der Waals surface area (Å²) < 4.78 is 18.6. The standard InChI is InChI=1S/C16H24FN3O/c1-4-18-16(20-15-7-11(15)2)19-9-12-5-6-14(17)13(8-12)10-21-3/h5-6,8,11,15H,4,7,9-10H2,1-3H3,(H2,18,19,20). The van der Waals surface area contributed by atoms with E-state index >= 15 is 0 Å². The molecule has 0 bridgehead atoms. The van der Waals surface area contributed by atoms with E-state index in [4.69, 9.17) is 4.74 Å². The molecule has 1 fully saturated rings. The number of nitrogens with one attached hydrogen (secondary N) is 2. The van der Waals surface area contributed by atoms with Crippen molar-refractivity contribution in [3.05, 3.63) is 35.1 Å². The van der Waals surface area contributed by atoms with Crippen LogP contribution >= 0.6 is 0 Å². The molecule has 21 heavy (non-hydrogen) atoms. The number of hydrogen-bond acceptors (Lipinski definition) is 2. The van der Waals surface area contributed by atoms with Crippen LogP contribution in [0.25, 0.3) is 0 Å². The summed E-state index contributed by atoms with van der Waals surface area (Å²) in [6.07, 6.45) is 1.19. The molecule has 0 spiro atoms. The van der Waals surface area contributed by atoms with E-state index in [1.165, 1.54) is 12.5 Å². The Kier molecular flexibility index (Phi) is 5.56. The third kappa shape index (κ3) is 4.70. The molecule has 2 N–H and O–H groups in total. The molecule has 1 saturated carbocycles. The van der Waals surface area contributed by atoms with Crippen LogP contribution in [-0.4, -0.2) is 25.7 Å². The second kappa shape index (κ2) is 7.41. The van der Waals surface area contributed by atoms with Gasteiger partial charge in [0.05, 0.1) is 13.2 Å². The molecule has 5 heteroatoms. The van der Waals surface area contributed by atoms with Crippen LogP contribution in [0.15, 0.2) is 23.2 Å². The fourth-order valence-electron chi connectivity index (χ4n) is 2.18. The predicted molar refractivity (Wildman–Crippen MR) is 82.6 cm³/mol. The summed E-state index contributed by atoms with van der Waals surface area (Å²) in [5, 5.41) is 6.64. The minimum atomic E-state index is -0.235. The van der Waals surface area contributed by atoms with Crippen molar-refractivity contribution >= 4 is 5.96 Å². The molecule has 0 aliphatic heterocycles. The van der Waals surface area contributed by atoms with E-state index in [1.54, 1.807) is 13.2 Å². The number of ether oxygens (including phenoxy) is 1. The zero-order valence-corrected chi connectivity index (χ0v) is 12.9. The van der Waals surface area contributed by atoms with Crippen LogP contribution in [0.4, 0.5) is 4.39 Å². The average molecular weight is 293 g/mol. The van der Waals surface area contributed by atoms with Crippen molar-refractivity contribution in [1.82, 2.24) is 10.6 Å². The molecule has 4 nitrogen and oxygen atoms in total. The largest absolute Gasteiger partial charge is 0.380 e. The molecule has 1 aliphatic carbocycles. The highest BCUT2D eigenvalue weighted by atomic mass is 19.1. The summed E-state index contributed by atoms with van der Waals surface area (Å²) in [5.74, 6) is 1.30. The van der Waals surface area contributed by atoms with Crippen molar-refractivity contribution < 1.29 is 9.13 Å². The van der Waals surface area contributed by atoms with Gasteiger partial charge >= 0.3 is 0 Å². The highest BCUT2D eigenvalue weighted by molar-refractivity contribution is 5.80. The average Bonchev–Trinajstić information content (AvgIpc) is 3.15. The van der Waals surface area contributed by atoms with Gasteiger partial charge < -0.3 is 15.4 Å². The van der Waals surface area contributed by atoms with E-state index in [1.807, 2.05) is 13.0 Å². The maximum atomic E-state index is 13.6. The highest BCUT2D eigenvalue weighted by Crippen LogP contribution is 2.28. The Balaban J connectivity index is 2.00. The van der Waals surface area contributed by atoms with E-state index in [9.17, 15) is 4.39 Å². The number of guanidine groups is 1. The normalized spacial score (nSPS) is 21.2. The summed E-state index contributed by atoms with van der Waals surface area (Å²) in [4.78, 5) is 4.56. The SMILES string of the molecule is CCNC(=NCc1ccc(F)c(COC)c1)NC1CC1C. The van der Waals surface area contributed by atoms with E-state index in [0.29, 0.717) is 24.1 Å². The topological polar surface area (TPSA) is 45.7 Å². The summed E-state index contributed by atoms with van der Waals surface area (Å²) >= 11 is 0. The lowest BCUT2D eigenvalue weighted by atomic mass is 10.1. The molecule has 0 amide bonds. The molecule has 2 unspecified atom stereocenters. The number of rotatable bonds is 6. The van der Waals surface area contributed by atoms with Gasteiger partial charge in [-0.1, -0.05) is 13.0 Å². The van der Waals surface area contributed by atoms with Gasteiger partial charge in [0.1, 0.15) is 5.82 Å². The van der Waals surface area contributed by atoms with Crippen molar-refractivity contribution in [2.45, 2.75) is 39.5 Å². The molecule has 0 saturated heterocycles. The second-order valence-corrected chi connectivity index (χ2v) is 5.52. The first-order chi connectivity index (χ1) is 10.1. The Morgan fingerprint density at radius 3 is 2.86 bits per heavy atom. The lowest BCUT2D eigenvalue weighted by Gasteiger charge is -2.11. The summed E-state index contributed by atoms with van der Waals surface area (Å²) in [6.45, 7) is 5.89. The number of halogens is 1. The summed E-state index contributed by atoms with van der Waals surface area (Å²) in [7, 11) is 1.56. The zero-order chi connectivity index (χ0) is 15.2. The first-order valence-corrected chi connectivity index (χ1v) is 7.45. The fourth-order valence-corrected chi connectivity index (χ4v) is 2.18. The lowest BCUT2D eigenvalue weighted by molar-refractivity contribution is 0.181. The molecular weight excluding hydrogens is 269 g/mol. The Morgan fingerprint density at radius 2 is 2.24 bits per heavy atom. The van der Waals surface area contributed by atoms with Crippen LogP contribution in [0.5, 0.6) is 0 Å². The molecule has 1 aromatic rings. The van der Waals surface area contributed by atoms with Crippen molar-refractivity contribution in [2.75, 3.05) is 13.7 Å². The van der Waals surface area contributed by atoms with Gasteiger partial charge in [-0.3, -0.25) is 0 Å². The van der Waals surface area contributed by atoms with Gasteiger partial charge in [0.15, 0.2) is 5.96 Å². The molecule has 2 rings (SSSR count). The molecule has 1 aliphatic rings. The molecular formula is C16H24FN3O. The Bertz CT molecular complexity index is 504. The third-order valence-electron chi connectivity index (χ3n) is 3.61. The van der Waals surface area contributed by atoms with Gasteiger partial charge in [0.2, 0.25) is 0 Å². The minimum Gasteiger partial charge on any atom is -0.380 e. The third-order valence-corrected chi connectivity index (χ3v) is 3.61. The number of nitrogens with zero attached hydrogens (tertiary/aromatic N) is 1. The first kappa shape index (κ1) is 15.8. The van der Waals surface area contributed by atoms with Crippen LogP contribution in [0.1, 0.15) is 31.4 Å². The molecule has 116 valence electrons. The number of methoxy groups -OCH3 is 1. The molecule has 0 aromatic heterocycles. The smallest absolute Gasteiger partial charge is 0.191 e. The highest BCUT2D eigenvalue weighted by Gasteiger charge is 2.33. The van der Waals surface area contributed by atoms with Gasteiger partial charge in [0, 0.05) is 25.3 Å². The summed E-state index contributed by atoms with van der Waals surface area (Å²) in [6, 6.07) is 5.58. The quantitative estimate of drug-likeness (QED) is 0.625. The predicted octanol–water partition coefficient (Wildman–Crippen LogP) is 2.44. The number of aliphatic imine (C=N–C) groups is 1. The van der Waals surface area contributed by atoms with Gasteiger partial charge in [-0.2, -0.15) is 0 Å². The van der Waals surface area contributed by atoms with Crippen LogP contribution < -0.4 is 10.6 Å².